The van der Waals surface area contributed by atoms with E-state index in [1.54, 1.807) is 7.05 Å². The van der Waals surface area contributed by atoms with Crippen LogP contribution in [0, 0.1) is 28.6 Å². The lowest BCUT2D eigenvalue weighted by molar-refractivity contribution is -0.153. The van der Waals surface area contributed by atoms with Crippen molar-refractivity contribution in [2.45, 2.75) is 83.3 Å². The summed E-state index contributed by atoms with van der Waals surface area (Å²) in [7, 11) is 4.70. The van der Waals surface area contributed by atoms with E-state index in [0.717, 1.165) is 25.3 Å². The molecule has 0 aliphatic heterocycles. The highest BCUT2D eigenvalue weighted by Gasteiger charge is 2.65. The molecule has 1 amide bonds. The second-order valence-corrected chi connectivity index (χ2v) is 15.3. The summed E-state index contributed by atoms with van der Waals surface area (Å²) in [6.45, 7) is 6.51. The summed E-state index contributed by atoms with van der Waals surface area (Å²) in [5.74, 6) is -8.51. The van der Waals surface area contributed by atoms with Crippen LogP contribution in [-0.4, -0.2) is 86.5 Å². The summed E-state index contributed by atoms with van der Waals surface area (Å²) in [6.07, 6.45) is -2.75. The first-order valence-corrected chi connectivity index (χ1v) is 15.9. The number of aliphatic hydroxyl groups excluding tert-OH is 2. The molecule has 5 aliphatic carbocycles. The molecule has 6 rings (SSSR count). The number of carbonyl (C=O) groups is 3. The predicted molar refractivity (Wildman–Crippen MR) is 164 cm³/mol. The number of phenolic OH excluding ortho intramolecular Hbond substituents is 1. The van der Waals surface area contributed by atoms with Crippen LogP contribution in [0.25, 0.3) is 5.76 Å². The van der Waals surface area contributed by atoms with Crippen molar-refractivity contribution >= 4 is 23.2 Å². The SMILES string of the molecule is CN(C)[C@@H]1C(=O)C(C(N)=O)=C(O)[C@@]2(O)C(=O)C3=C(O)c4c(O)cc(CN(C)[C@H]5CC6CCC5(C)C6(C)C)c(C(F)(F)F)c4C[C@H]3C[C@@H]12. The monoisotopic (exact) mass is 661 g/mol. The molecule has 10 nitrogen and oxygen atoms in total. The molecule has 1 aromatic carbocycles. The Bertz CT molecular complexity index is 1680. The van der Waals surface area contributed by atoms with Crippen molar-refractivity contribution in [1.29, 1.82) is 0 Å². The van der Waals surface area contributed by atoms with E-state index in [9.17, 15) is 34.8 Å². The molecule has 6 N–H and O–H groups in total. The number of hydrogen-bond donors (Lipinski definition) is 5. The van der Waals surface area contributed by atoms with Crippen molar-refractivity contribution in [3.63, 3.8) is 0 Å². The summed E-state index contributed by atoms with van der Waals surface area (Å²) >= 11 is 0. The normalized spacial score (nSPS) is 34.7. The molecule has 3 saturated carbocycles. The molecule has 2 bridgehead atoms. The van der Waals surface area contributed by atoms with Gasteiger partial charge in [-0.2, -0.15) is 13.2 Å². The molecule has 0 heterocycles. The highest BCUT2D eigenvalue weighted by atomic mass is 19.4. The van der Waals surface area contributed by atoms with Crippen molar-refractivity contribution in [3.05, 3.63) is 45.2 Å². The number of nitrogens with zero attached hydrogens (tertiary/aromatic N) is 2. The first-order valence-electron chi connectivity index (χ1n) is 15.9. The molecule has 0 saturated heterocycles. The fraction of sp³-hybridized carbons (Fsp3) is 0.618. The Balaban J connectivity index is 1.48. The van der Waals surface area contributed by atoms with Gasteiger partial charge in [0.05, 0.1) is 17.2 Å². The second-order valence-electron chi connectivity index (χ2n) is 15.3. The molecule has 7 atom stereocenters. The number of Topliss-reactive ketones (excluding diaryl/α,β-unsaturated/α-hetero) is 2. The maximum Gasteiger partial charge on any atom is 0.417 e. The van der Waals surface area contributed by atoms with E-state index >= 15 is 13.2 Å². The molecule has 47 heavy (non-hydrogen) atoms. The highest BCUT2D eigenvalue weighted by Crippen LogP contribution is 2.66. The molecule has 0 aromatic heterocycles. The number of halogens is 3. The van der Waals surface area contributed by atoms with Crippen molar-refractivity contribution in [2.75, 3.05) is 21.1 Å². The zero-order valence-electron chi connectivity index (χ0n) is 27.3. The average molecular weight is 662 g/mol. The lowest BCUT2D eigenvalue weighted by Gasteiger charge is -2.50. The van der Waals surface area contributed by atoms with Gasteiger partial charge in [0.1, 0.15) is 22.8 Å². The average Bonchev–Trinajstić information content (AvgIpc) is 3.27. The molecule has 1 aromatic rings. The van der Waals surface area contributed by atoms with E-state index in [4.69, 9.17) is 5.73 Å². The van der Waals surface area contributed by atoms with Crippen LogP contribution < -0.4 is 5.73 Å². The number of hydrogen-bond acceptors (Lipinski definition) is 9. The topological polar surface area (TPSA) is 165 Å². The van der Waals surface area contributed by atoms with Crippen LogP contribution in [0.2, 0.25) is 0 Å². The van der Waals surface area contributed by atoms with Gasteiger partial charge in [-0.25, -0.2) is 0 Å². The third kappa shape index (κ3) is 4.31. The van der Waals surface area contributed by atoms with Crippen LogP contribution in [0.4, 0.5) is 13.2 Å². The van der Waals surface area contributed by atoms with Crippen molar-refractivity contribution in [1.82, 2.24) is 9.80 Å². The van der Waals surface area contributed by atoms with Crippen molar-refractivity contribution < 1.29 is 48.0 Å². The van der Waals surface area contributed by atoms with Crippen LogP contribution in [-0.2, 0) is 33.5 Å². The smallest absolute Gasteiger partial charge is 0.417 e. The first-order chi connectivity index (χ1) is 21.6. The minimum Gasteiger partial charge on any atom is -0.508 e. The Hall–Kier alpha value is -3.42. The quantitative estimate of drug-likeness (QED) is 0.297. The fourth-order valence-electron chi connectivity index (χ4n) is 10.1. The third-order valence-electron chi connectivity index (χ3n) is 12.8. The van der Waals surface area contributed by atoms with Gasteiger partial charge in [0.25, 0.3) is 5.91 Å². The number of carbonyl (C=O) groups excluding carboxylic acids is 3. The summed E-state index contributed by atoms with van der Waals surface area (Å²) in [5, 5.41) is 45.3. The van der Waals surface area contributed by atoms with Gasteiger partial charge in [-0.3, -0.25) is 24.2 Å². The Kier molecular flexibility index (Phi) is 7.33. The summed E-state index contributed by atoms with van der Waals surface area (Å²) in [5.41, 5.74) is -1.21. The number of ketones is 2. The van der Waals surface area contributed by atoms with Gasteiger partial charge in [0.15, 0.2) is 11.4 Å². The Morgan fingerprint density at radius 3 is 2.23 bits per heavy atom. The van der Waals surface area contributed by atoms with Crippen molar-refractivity contribution in [2.24, 2.45) is 34.3 Å². The van der Waals surface area contributed by atoms with Gasteiger partial charge in [-0.1, -0.05) is 20.8 Å². The highest BCUT2D eigenvalue weighted by molar-refractivity contribution is 6.24. The molecule has 2 unspecified atom stereocenters. The van der Waals surface area contributed by atoms with Gasteiger partial charge in [-0.15, -0.1) is 0 Å². The number of aliphatic hydroxyl groups is 3. The number of likely N-dealkylation sites (N-methyl/N-ethyl adjacent to an activating group) is 1. The number of fused-ring (bicyclic) bond motifs is 5. The number of rotatable bonds is 5. The molecular weight excluding hydrogens is 619 g/mol. The molecule has 0 radical (unpaired) electrons. The zero-order valence-corrected chi connectivity index (χ0v) is 27.3. The van der Waals surface area contributed by atoms with E-state index < -0.39 is 93.1 Å². The Labute approximate surface area is 270 Å². The number of nitrogens with two attached hydrogens (primary N) is 1. The number of alkyl halides is 3. The lowest BCUT2D eigenvalue weighted by Crippen LogP contribution is -2.65. The van der Waals surface area contributed by atoms with E-state index in [1.165, 1.54) is 19.0 Å². The Morgan fingerprint density at radius 1 is 1.09 bits per heavy atom. The minimum atomic E-state index is -4.90. The lowest BCUT2D eigenvalue weighted by atomic mass is 9.57. The number of amides is 1. The van der Waals surface area contributed by atoms with Gasteiger partial charge < -0.3 is 26.2 Å². The standard InChI is InChI=1S/C34H42F3N3O7/c1-31(2)16-7-8-32(31,3)20(12-16)40(6)13-15-11-19(41)22-17(24(15)34(35,36)37)9-14-10-18-25(39(4)5)27(43)23(30(38)46)29(45)33(18,47)28(44)21(14)26(22)42/h11,14,16,18,20,25,41-42,45,47H,7-10,12-13H2,1-6H3,(H2,38,46)/t14-,16?,18-,20-,25-,32?,33-/m0/s1. The number of benzene rings is 1. The van der Waals surface area contributed by atoms with Crippen LogP contribution in [0.1, 0.15) is 68.7 Å². The molecule has 256 valence electrons. The maximum absolute atomic E-state index is 15.1. The number of aromatic hydroxyl groups is 1. The van der Waals surface area contributed by atoms with E-state index in [2.05, 4.69) is 20.8 Å². The summed E-state index contributed by atoms with van der Waals surface area (Å²) < 4.78 is 45.2. The molecule has 5 aliphatic rings. The molecule has 0 spiro atoms. The van der Waals surface area contributed by atoms with Gasteiger partial charge >= 0.3 is 6.18 Å². The van der Waals surface area contributed by atoms with E-state index in [-0.39, 0.29) is 41.0 Å². The largest absolute Gasteiger partial charge is 0.508 e. The summed E-state index contributed by atoms with van der Waals surface area (Å²) in [4.78, 5) is 42.8. The first kappa shape index (κ1) is 33.5. The van der Waals surface area contributed by atoms with Gasteiger partial charge in [-0.05, 0) is 93.1 Å². The summed E-state index contributed by atoms with van der Waals surface area (Å²) in [6, 6.07) is -0.345. The second kappa shape index (κ2) is 10.3. The number of phenols is 1. The van der Waals surface area contributed by atoms with Crippen LogP contribution in [0.3, 0.4) is 0 Å². The Morgan fingerprint density at radius 2 is 1.72 bits per heavy atom. The van der Waals surface area contributed by atoms with Crippen LogP contribution in [0.15, 0.2) is 23.0 Å². The van der Waals surface area contributed by atoms with E-state index in [0.29, 0.717) is 5.92 Å². The molecule has 3 fully saturated rings. The zero-order chi connectivity index (χ0) is 34.9. The third-order valence-corrected chi connectivity index (χ3v) is 12.8. The van der Waals surface area contributed by atoms with Gasteiger partial charge in [0.2, 0.25) is 5.78 Å². The van der Waals surface area contributed by atoms with E-state index in [1.807, 2.05) is 4.90 Å². The maximum atomic E-state index is 15.1. The minimum absolute atomic E-state index is 0.0156. The molecular formula is C34H42F3N3O7. The predicted octanol–water partition coefficient (Wildman–Crippen LogP) is 3.63. The van der Waals surface area contributed by atoms with Crippen LogP contribution in [0.5, 0.6) is 5.75 Å². The molecule has 13 heteroatoms. The van der Waals surface area contributed by atoms with Crippen molar-refractivity contribution in [3.8, 4) is 5.75 Å². The fourth-order valence-corrected chi connectivity index (χ4v) is 10.1. The van der Waals surface area contributed by atoms with Gasteiger partial charge in [0, 0.05) is 24.1 Å². The van der Waals surface area contributed by atoms with Crippen LogP contribution >= 0.6 is 0 Å². The number of primary amides is 1.